The largest absolute Gasteiger partial charge is 0.418 e. The van der Waals surface area contributed by atoms with Gasteiger partial charge >= 0.3 is 12.2 Å². The van der Waals surface area contributed by atoms with E-state index in [0.29, 0.717) is 6.54 Å². The lowest BCUT2D eigenvalue weighted by Gasteiger charge is -2.16. The molecule has 1 aliphatic heterocycles. The van der Waals surface area contributed by atoms with E-state index in [1.54, 1.807) is 0 Å². The Balaban J connectivity index is 2.10. The third-order valence-electron chi connectivity index (χ3n) is 2.93. The normalized spacial score (nSPS) is 18.9. The lowest BCUT2D eigenvalue weighted by atomic mass is 10.1. The fourth-order valence-corrected chi connectivity index (χ4v) is 2.15. The molecular weight excluding hydrogens is 295 g/mol. The number of halogens is 4. The molecule has 1 fully saturated rings. The second kappa shape index (κ2) is 5.88. The zero-order valence-electron chi connectivity index (χ0n) is 10.4. The molecule has 0 bridgehead atoms. The first-order valence-corrected chi connectivity index (χ1v) is 6.39. The molecule has 1 aromatic carbocycles. The molecule has 8 heteroatoms. The van der Waals surface area contributed by atoms with Gasteiger partial charge in [-0.2, -0.15) is 13.2 Å². The van der Waals surface area contributed by atoms with Crippen molar-refractivity contribution in [2.75, 3.05) is 18.4 Å². The predicted molar refractivity (Wildman–Crippen MR) is 69.9 cm³/mol. The Kier molecular flexibility index (Phi) is 4.39. The van der Waals surface area contributed by atoms with Crippen LogP contribution in [0.4, 0.5) is 23.7 Å². The molecule has 1 saturated heterocycles. The highest BCUT2D eigenvalue weighted by atomic mass is 35.5. The monoisotopic (exact) mass is 307 g/mol. The van der Waals surface area contributed by atoms with Gasteiger partial charge in [-0.25, -0.2) is 4.79 Å². The summed E-state index contributed by atoms with van der Waals surface area (Å²) in [6, 6.07) is 2.48. The van der Waals surface area contributed by atoms with Gasteiger partial charge in [-0.15, -0.1) is 0 Å². The van der Waals surface area contributed by atoms with Crippen molar-refractivity contribution < 1.29 is 18.0 Å². The second-order valence-electron chi connectivity index (χ2n) is 4.48. The van der Waals surface area contributed by atoms with Gasteiger partial charge in [-0.3, -0.25) is 0 Å². The number of alkyl halides is 3. The number of amides is 2. The number of hydrogen-bond acceptors (Lipinski definition) is 2. The highest BCUT2D eigenvalue weighted by molar-refractivity contribution is 6.30. The predicted octanol–water partition coefficient (Wildman–Crippen LogP) is 2.84. The first-order valence-electron chi connectivity index (χ1n) is 6.01. The first kappa shape index (κ1) is 14.9. The number of carbonyl (C=O) groups is 1. The van der Waals surface area contributed by atoms with E-state index < -0.39 is 17.8 Å². The van der Waals surface area contributed by atoms with Gasteiger partial charge in [0.1, 0.15) is 0 Å². The van der Waals surface area contributed by atoms with Crippen LogP contribution in [-0.2, 0) is 6.18 Å². The molecular formula is C12H13ClF3N3O. The Morgan fingerprint density at radius 2 is 2.15 bits per heavy atom. The van der Waals surface area contributed by atoms with Crippen LogP contribution in [0.15, 0.2) is 18.2 Å². The topological polar surface area (TPSA) is 53.2 Å². The van der Waals surface area contributed by atoms with E-state index in [-0.39, 0.29) is 16.8 Å². The Hall–Kier alpha value is -1.47. The average molecular weight is 308 g/mol. The van der Waals surface area contributed by atoms with Crippen LogP contribution >= 0.6 is 11.6 Å². The highest BCUT2D eigenvalue weighted by Crippen LogP contribution is 2.36. The molecule has 1 unspecified atom stereocenters. The minimum Gasteiger partial charge on any atom is -0.334 e. The maximum Gasteiger partial charge on any atom is 0.418 e. The summed E-state index contributed by atoms with van der Waals surface area (Å²) in [6.45, 7) is 1.39. The van der Waals surface area contributed by atoms with E-state index >= 15 is 0 Å². The minimum absolute atomic E-state index is 0.0386. The zero-order valence-corrected chi connectivity index (χ0v) is 11.1. The Morgan fingerprint density at radius 1 is 1.40 bits per heavy atom. The van der Waals surface area contributed by atoms with Crippen molar-refractivity contribution in [3.8, 4) is 0 Å². The van der Waals surface area contributed by atoms with Gasteiger partial charge in [0, 0.05) is 17.6 Å². The van der Waals surface area contributed by atoms with Crippen LogP contribution in [-0.4, -0.2) is 25.2 Å². The zero-order chi connectivity index (χ0) is 14.8. The number of rotatable bonds is 2. The summed E-state index contributed by atoms with van der Waals surface area (Å²) in [5.41, 5.74) is -1.28. The van der Waals surface area contributed by atoms with E-state index in [1.165, 1.54) is 6.07 Å². The molecule has 0 radical (unpaired) electrons. The highest BCUT2D eigenvalue weighted by Gasteiger charge is 2.34. The molecule has 0 aliphatic carbocycles. The van der Waals surface area contributed by atoms with Crippen LogP contribution in [0.1, 0.15) is 12.0 Å². The number of nitrogens with one attached hydrogen (secondary N) is 3. The molecule has 1 aliphatic rings. The van der Waals surface area contributed by atoms with Crippen molar-refractivity contribution in [1.29, 1.82) is 0 Å². The molecule has 1 atom stereocenters. The van der Waals surface area contributed by atoms with Crippen molar-refractivity contribution in [1.82, 2.24) is 10.6 Å². The van der Waals surface area contributed by atoms with E-state index in [0.717, 1.165) is 25.1 Å². The number of urea groups is 1. The summed E-state index contributed by atoms with van der Waals surface area (Å²) in [5, 5.41) is 7.83. The fraction of sp³-hybridized carbons (Fsp3) is 0.417. The molecule has 2 rings (SSSR count). The smallest absolute Gasteiger partial charge is 0.334 e. The Bertz CT molecular complexity index is 501. The standard InChI is InChI=1S/C12H13ClF3N3O/c13-7-1-2-10(9(5-7)12(14,15)16)19-11(20)18-8-3-4-17-6-8/h1-2,5,8,17H,3-4,6H2,(H2,18,19,20). The summed E-state index contributed by atoms with van der Waals surface area (Å²) in [6.07, 6.45) is -3.83. The molecule has 3 N–H and O–H groups in total. The quantitative estimate of drug-likeness (QED) is 0.787. The fourth-order valence-electron chi connectivity index (χ4n) is 1.98. The Labute approximate surface area is 118 Å². The summed E-state index contributed by atoms with van der Waals surface area (Å²) in [4.78, 5) is 11.7. The second-order valence-corrected chi connectivity index (χ2v) is 4.91. The van der Waals surface area contributed by atoms with Crippen molar-refractivity contribution in [2.45, 2.75) is 18.6 Å². The minimum atomic E-state index is -4.58. The molecule has 0 aromatic heterocycles. The van der Waals surface area contributed by atoms with E-state index in [9.17, 15) is 18.0 Å². The number of benzene rings is 1. The van der Waals surface area contributed by atoms with Gasteiger partial charge < -0.3 is 16.0 Å². The number of anilines is 1. The lowest BCUT2D eigenvalue weighted by Crippen LogP contribution is -2.39. The molecule has 20 heavy (non-hydrogen) atoms. The van der Waals surface area contributed by atoms with Crippen molar-refractivity contribution >= 4 is 23.3 Å². The van der Waals surface area contributed by atoms with Crippen LogP contribution in [0.3, 0.4) is 0 Å². The molecule has 4 nitrogen and oxygen atoms in total. The number of hydrogen-bond donors (Lipinski definition) is 3. The van der Waals surface area contributed by atoms with Gasteiger partial charge in [-0.1, -0.05) is 11.6 Å². The molecule has 1 aromatic rings. The molecule has 110 valence electrons. The maximum atomic E-state index is 12.8. The lowest BCUT2D eigenvalue weighted by molar-refractivity contribution is -0.136. The number of carbonyl (C=O) groups excluding carboxylic acids is 1. The van der Waals surface area contributed by atoms with Gasteiger partial charge in [0.15, 0.2) is 0 Å². The molecule has 0 saturated carbocycles. The van der Waals surface area contributed by atoms with Gasteiger partial charge in [-0.05, 0) is 31.2 Å². The van der Waals surface area contributed by atoms with E-state index in [1.807, 2.05) is 0 Å². The average Bonchev–Trinajstić information content (AvgIpc) is 2.82. The van der Waals surface area contributed by atoms with Gasteiger partial charge in [0.25, 0.3) is 0 Å². The summed E-state index contributed by atoms with van der Waals surface area (Å²) in [5.74, 6) is 0. The first-order chi connectivity index (χ1) is 9.36. The van der Waals surface area contributed by atoms with Crippen molar-refractivity contribution in [3.63, 3.8) is 0 Å². The third kappa shape index (κ3) is 3.77. The van der Waals surface area contributed by atoms with Crippen LogP contribution in [0.2, 0.25) is 5.02 Å². The van der Waals surface area contributed by atoms with Crippen molar-refractivity contribution in [2.24, 2.45) is 0 Å². The van der Waals surface area contributed by atoms with Gasteiger partial charge in [0.2, 0.25) is 0 Å². The van der Waals surface area contributed by atoms with Gasteiger partial charge in [0.05, 0.1) is 11.3 Å². The molecule has 2 amide bonds. The van der Waals surface area contributed by atoms with Crippen LogP contribution in [0.25, 0.3) is 0 Å². The van der Waals surface area contributed by atoms with E-state index in [2.05, 4.69) is 16.0 Å². The molecule has 0 spiro atoms. The van der Waals surface area contributed by atoms with Crippen LogP contribution in [0, 0.1) is 0 Å². The summed E-state index contributed by atoms with van der Waals surface area (Å²) in [7, 11) is 0. The van der Waals surface area contributed by atoms with Crippen LogP contribution in [0.5, 0.6) is 0 Å². The molecule has 1 heterocycles. The summed E-state index contributed by atoms with van der Waals surface area (Å²) < 4.78 is 38.5. The van der Waals surface area contributed by atoms with E-state index in [4.69, 9.17) is 11.6 Å². The van der Waals surface area contributed by atoms with Crippen molar-refractivity contribution in [3.05, 3.63) is 28.8 Å². The Morgan fingerprint density at radius 3 is 2.75 bits per heavy atom. The van der Waals surface area contributed by atoms with Crippen LogP contribution < -0.4 is 16.0 Å². The maximum absolute atomic E-state index is 12.8. The summed E-state index contributed by atoms with van der Waals surface area (Å²) >= 11 is 5.56. The third-order valence-corrected chi connectivity index (χ3v) is 3.17. The SMILES string of the molecule is O=C(Nc1ccc(Cl)cc1C(F)(F)F)NC1CCNC1.